The Hall–Kier alpha value is -3.19. The molecule has 3 rings (SSSR count). The van der Waals surface area contributed by atoms with Crippen molar-refractivity contribution < 1.29 is 24.2 Å². The number of hydrogen-bond acceptors (Lipinski definition) is 6. The Morgan fingerprint density at radius 3 is 2.40 bits per heavy atom. The highest BCUT2D eigenvalue weighted by Crippen LogP contribution is 2.39. The molecule has 2 heterocycles. The molecule has 0 aliphatic carbocycles. The quantitative estimate of drug-likeness (QED) is 0.408. The molecule has 0 radical (unpaired) electrons. The van der Waals surface area contributed by atoms with Crippen molar-refractivity contribution in [3.8, 4) is 5.75 Å². The van der Waals surface area contributed by atoms with Gasteiger partial charge in [-0.2, -0.15) is 0 Å². The number of benzene rings is 1. The number of carbonyl (C=O) groups excluding carboxylic acids is 2. The van der Waals surface area contributed by atoms with Crippen molar-refractivity contribution >= 4 is 17.4 Å². The van der Waals surface area contributed by atoms with E-state index in [1.165, 1.54) is 12.0 Å². The van der Waals surface area contributed by atoms with Gasteiger partial charge in [0.2, 0.25) is 0 Å². The second-order valence-corrected chi connectivity index (χ2v) is 7.50. The standard InChI is InChI=1S/C23H26N2O5/c1-15(2)14-30-18-6-4-17(5-7-18)21(26)19-20(16-8-10-24-11-9-16)25(12-13-29-3)23(28)22(19)27/h4-11,15,20,26H,12-14H2,1-3H3/b21-19+. The first kappa shape index (κ1) is 21.5. The summed E-state index contributed by atoms with van der Waals surface area (Å²) in [6.45, 7) is 5.20. The number of ether oxygens (including phenoxy) is 2. The minimum atomic E-state index is -0.717. The molecule has 1 aliphatic heterocycles. The number of aliphatic hydroxyl groups excluding tert-OH is 1. The van der Waals surface area contributed by atoms with Gasteiger partial charge in [-0.1, -0.05) is 13.8 Å². The summed E-state index contributed by atoms with van der Waals surface area (Å²) < 4.78 is 10.8. The van der Waals surface area contributed by atoms with Gasteiger partial charge in [0.15, 0.2) is 0 Å². The average molecular weight is 410 g/mol. The van der Waals surface area contributed by atoms with E-state index in [4.69, 9.17) is 9.47 Å². The molecule has 1 aliphatic rings. The highest BCUT2D eigenvalue weighted by atomic mass is 16.5. The summed E-state index contributed by atoms with van der Waals surface area (Å²) in [4.78, 5) is 30.9. The number of rotatable bonds is 8. The van der Waals surface area contributed by atoms with Crippen LogP contribution in [-0.4, -0.2) is 53.5 Å². The zero-order chi connectivity index (χ0) is 21.7. The van der Waals surface area contributed by atoms with Gasteiger partial charge >= 0.3 is 0 Å². The lowest BCUT2D eigenvalue weighted by atomic mass is 9.96. The van der Waals surface area contributed by atoms with Crippen LogP contribution in [0.15, 0.2) is 54.4 Å². The second-order valence-electron chi connectivity index (χ2n) is 7.50. The minimum Gasteiger partial charge on any atom is -0.507 e. The largest absolute Gasteiger partial charge is 0.507 e. The molecular formula is C23H26N2O5. The Kier molecular flexibility index (Phi) is 6.84. The number of amides is 1. The molecule has 1 amide bonds. The van der Waals surface area contributed by atoms with Crippen LogP contribution >= 0.6 is 0 Å². The van der Waals surface area contributed by atoms with E-state index in [0.29, 0.717) is 29.4 Å². The Morgan fingerprint density at radius 2 is 1.80 bits per heavy atom. The number of pyridine rings is 1. The summed E-state index contributed by atoms with van der Waals surface area (Å²) in [7, 11) is 1.53. The third-order valence-electron chi connectivity index (χ3n) is 4.81. The molecule has 1 aromatic carbocycles. The normalized spacial score (nSPS) is 18.3. The van der Waals surface area contributed by atoms with E-state index < -0.39 is 17.7 Å². The lowest BCUT2D eigenvalue weighted by molar-refractivity contribution is -0.140. The van der Waals surface area contributed by atoms with Crippen molar-refractivity contribution in [3.05, 3.63) is 65.5 Å². The zero-order valence-electron chi connectivity index (χ0n) is 17.4. The Balaban J connectivity index is 2.00. The van der Waals surface area contributed by atoms with Crippen molar-refractivity contribution in [2.45, 2.75) is 19.9 Å². The van der Waals surface area contributed by atoms with Crippen molar-refractivity contribution in [1.82, 2.24) is 9.88 Å². The lowest BCUT2D eigenvalue weighted by Crippen LogP contribution is -2.32. The number of likely N-dealkylation sites (tertiary alicyclic amines) is 1. The van der Waals surface area contributed by atoms with Crippen molar-refractivity contribution in [1.29, 1.82) is 0 Å². The van der Waals surface area contributed by atoms with E-state index in [-0.39, 0.29) is 24.5 Å². The fraction of sp³-hybridized carbons (Fsp3) is 0.348. The van der Waals surface area contributed by atoms with Crippen LogP contribution in [0.3, 0.4) is 0 Å². The van der Waals surface area contributed by atoms with E-state index in [2.05, 4.69) is 18.8 Å². The molecule has 1 atom stereocenters. The monoisotopic (exact) mass is 410 g/mol. The van der Waals surface area contributed by atoms with Gasteiger partial charge in [0.1, 0.15) is 11.5 Å². The van der Waals surface area contributed by atoms with Gasteiger partial charge in [-0.25, -0.2) is 0 Å². The van der Waals surface area contributed by atoms with Crippen LogP contribution in [0.4, 0.5) is 0 Å². The maximum atomic E-state index is 12.8. The summed E-state index contributed by atoms with van der Waals surface area (Å²) in [5, 5.41) is 11.0. The van der Waals surface area contributed by atoms with Crippen LogP contribution in [0.5, 0.6) is 5.75 Å². The highest BCUT2D eigenvalue weighted by Gasteiger charge is 2.45. The number of methoxy groups -OCH3 is 1. The van der Waals surface area contributed by atoms with E-state index in [1.54, 1.807) is 48.8 Å². The van der Waals surface area contributed by atoms with Gasteiger partial charge in [-0.3, -0.25) is 14.6 Å². The van der Waals surface area contributed by atoms with Gasteiger partial charge in [0, 0.05) is 31.6 Å². The highest BCUT2D eigenvalue weighted by molar-refractivity contribution is 6.46. The van der Waals surface area contributed by atoms with Gasteiger partial charge in [0.05, 0.1) is 24.8 Å². The SMILES string of the molecule is COCCN1C(=O)C(=O)/C(=C(/O)c2ccc(OCC(C)C)cc2)C1c1ccncc1. The number of Topliss-reactive ketones (excluding diaryl/α,β-unsaturated/α-hetero) is 1. The number of aliphatic hydroxyl groups is 1. The predicted octanol–water partition coefficient (Wildman–Crippen LogP) is 3.18. The molecule has 1 aromatic heterocycles. The molecule has 1 N–H and O–H groups in total. The molecule has 0 bridgehead atoms. The number of aromatic nitrogens is 1. The Bertz CT molecular complexity index is 922. The molecule has 158 valence electrons. The fourth-order valence-electron chi connectivity index (χ4n) is 3.32. The fourth-order valence-corrected chi connectivity index (χ4v) is 3.32. The number of hydrogen-bond donors (Lipinski definition) is 1. The smallest absolute Gasteiger partial charge is 0.295 e. The van der Waals surface area contributed by atoms with Gasteiger partial charge in [-0.15, -0.1) is 0 Å². The molecular weight excluding hydrogens is 384 g/mol. The first-order valence-corrected chi connectivity index (χ1v) is 9.84. The second kappa shape index (κ2) is 9.54. The first-order chi connectivity index (χ1) is 14.4. The number of nitrogens with zero attached hydrogens (tertiary/aromatic N) is 2. The van der Waals surface area contributed by atoms with Crippen molar-refractivity contribution in [3.63, 3.8) is 0 Å². The molecule has 2 aromatic rings. The molecule has 7 nitrogen and oxygen atoms in total. The van der Waals surface area contributed by atoms with Gasteiger partial charge < -0.3 is 19.5 Å². The third kappa shape index (κ3) is 4.52. The minimum absolute atomic E-state index is 0.0538. The molecule has 7 heteroatoms. The zero-order valence-corrected chi connectivity index (χ0v) is 17.4. The summed E-state index contributed by atoms with van der Waals surface area (Å²) in [6.07, 6.45) is 3.18. The van der Waals surface area contributed by atoms with E-state index >= 15 is 0 Å². The maximum absolute atomic E-state index is 12.8. The molecule has 0 spiro atoms. The van der Waals surface area contributed by atoms with Crippen LogP contribution in [0.1, 0.15) is 31.0 Å². The summed E-state index contributed by atoms with van der Waals surface area (Å²) in [6, 6.07) is 9.58. The van der Waals surface area contributed by atoms with Crippen molar-refractivity contribution in [2.75, 3.05) is 26.9 Å². The topological polar surface area (TPSA) is 89.0 Å². The van der Waals surface area contributed by atoms with Gasteiger partial charge in [-0.05, 0) is 47.9 Å². The molecule has 0 saturated carbocycles. The Morgan fingerprint density at radius 1 is 1.13 bits per heavy atom. The van der Waals surface area contributed by atoms with E-state index in [0.717, 1.165) is 0 Å². The van der Waals surface area contributed by atoms with Crippen LogP contribution in [-0.2, 0) is 14.3 Å². The van der Waals surface area contributed by atoms with Crippen LogP contribution in [0, 0.1) is 5.92 Å². The number of carbonyl (C=O) groups is 2. The van der Waals surface area contributed by atoms with Crippen molar-refractivity contribution in [2.24, 2.45) is 5.92 Å². The maximum Gasteiger partial charge on any atom is 0.295 e. The molecule has 1 saturated heterocycles. The first-order valence-electron chi connectivity index (χ1n) is 9.84. The lowest BCUT2D eigenvalue weighted by Gasteiger charge is -2.24. The van der Waals surface area contributed by atoms with E-state index in [1.807, 2.05) is 0 Å². The summed E-state index contributed by atoms with van der Waals surface area (Å²) >= 11 is 0. The summed E-state index contributed by atoms with van der Waals surface area (Å²) in [5.41, 5.74) is 1.19. The third-order valence-corrected chi connectivity index (χ3v) is 4.81. The van der Waals surface area contributed by atoms with Gasteiger partial charge in [0.25, 0.3) is 11.7 Å². The number of ketones is 1. The van der Waals surface area contributed by atoms with Crippen LogP contribution < -0.4 is 4.74 Å². The molecule has 1 fully saturated rings. The molecule has 30 heavy (non-hydrogen) atoms. The Labute approximate surface area is 175 Å². The molecule has 1 unspecified atom stereocenters. The van der Waals surface area contributed by atoms with Crippen LogP contribution in [0.25, 0.3) is 5.76 Å². The predicted molar refractivity (Wildman–Crippen MR) is 112 cm³/mol. The summed E-state index contributed by atoms with van der Waals surface area (Å²) in [5.74, 6) is -0.531. The average Bonchev–Trinajstić information content (AvgIpc) is 3.01. The van der Waals surface area contributed by atoms with Crippen LogP contribution in [0.2, 0.25) is 0 Å². The van der Waals surface area contributed by atoms with E-state index in [9.17, 15) is 14.7 Å².